The zero-order valence-corrected chi connectivity index (χ0v) is 11.8. The van der Waals surface area contributed by atoms with Crippen molar-refractivity contribution >= 4 is 17.7 Å². The Labute approximate surface area is 116 Å². The molecule has 0 unspecified atom stereocenters. The molecule has 2 N–H and O–H groups in total. The Kier molecular flexibility index (Phi) is 4.34. The Morgan fingerprint density at radius 3 is 2.30 bits per heavy atom. The third-order valence-corrected chi connectivity index (χ3v) is 2.32. The van der Waals surface area contributed by atoms with Crippen molar-refractivity contribution in [2.24, 2.45) is 0 Å². The van der Waals surface area contributed by atoms with Crippen LogP contribution in [0.5, 0.6) is 0 Å². The van der Waals surface area contributed by atoms with Crippen LogP contribution in [0.3, 0.4) is 0 Å². The van der Waals surface area contributed by atoms with Gasteiger partial charge in [-0.15, -0.1) is 0 Å². The van der Waals surface area contributed by atoms with Crippen LogP contribution >= 0.6 is 0 Å². The average molecular weight is 282 g/mol. The second-order valence-corrected chi connectivity index (χ2v) is 5.35. The number of hydrogen-bond donors (Lipinski definition) is 2. The van der Waals surface area contributed by atoms with E-state index in [4.69, 9.17) is 9.84 Å². The molecule has 0 bridgehead atoms. The van der Waals surface area contributed by atoms with E-state index in [1.165, 1.54) is 24.5 Å². The minimum Gasteiger partial charge on any atom is -0.478 e. The molecule has 1 aromatic heterocycles. The molecule has 0 aliphatic heterocycles. The number of ether oxygens (including phenoxy) is 1. The van der Waals surface area contributed by atoms with Gasteiger partial charge in [-0.2, -0.15) is 0 Å². The topological polar surface area (TPSA) is 100.0 Å². The molecule has 7 heteroatoms. The Hall–Kier alpha value is -2.15. The van der Waals surface area contributed by atoms with Gasteiger partial charge in [0, 0.05) is 6.20 Å². The number of anilines is 1. The van der Waals surface area contributed by atoms with Gasteiger partial charge in [-0.25, -0.2) is 14.5 Å². The molecule has 1 heterocycles. The zero-order valence-electron chi connectivity index (χ0n) is 11.8. The highest BCUT2D eigenvalue weighted by Gasteiger charge is 2.43. The number of rotatable bonds is 3. The Morgan fingerprint density at radius 1 is 1.30 bits per heavy atom. The first-order valence-corrected chi connectivity index (χ1v) is 5.94. The summed E-state index contributed by atoms with van der Waals surface area (Å²) < 4.78 is 5.13. The van der Waals surface area contributed by atoms with Crippen molar-refractivity contribution in [3.05, 3.63) is 24.5 Å². The van der Waals surface area contributed by atoms with E-state index in [-0.39, 0.29) is 5.69 Å². The fourth-order valence-corrected chi connectivity index (χ4v) is 1.42. The van der Waals surface area contributed by atoms with E-state index >= 15 is 0 Å². The summed E-state index contributed by atoms with van der Waals surface area (Å²) in [5, 5.41) is 19.2. The molecule has 0 aliphatic carbocycles. The van der Waals surface area contributed by atoms with Crippen LogP contribution in [0.15, 0.2) is 24.5 Å². The van der Waals surface area contributed by atoms with Gasteiger partial charge in [0.25, 0.3) is 0 Å². The summed E-state index contributed by atoms with van der Waals surface area (Å²) in [6.07, 6.45) is 1.76. The molecule has 20 heavy (non-hydrogen) atoms. The highest BCUT2D eigenvalue weighted by Crippen LogP contribution is 2.24. The van der Waals surface area contributed by atoms with Gasteiger partial charge < -0.3 is 14.9 Å². The maximum atomic E-state index is 12.2. The number of aliphatic hydroxyl groups is 1. The lowest BCUT2D eigenvalue weighted by molar-refractivity contribution is -0.156. The summed E-state index contributed by atoms with van der Waals surface area (Å²) in [6.45, 7) is 5.91. The van der Waals surface area contributed by atoms with Crippen molar-refractivity contribution in [2.45, 2.75) is 39.0 Å². The molecular weight excluding hydrogens is 264 g/mol. The summed E-state index contributed by atoms with van der Waals surface area (Å²) in [6, 6.07) is 2.97. The number of carbonyl (C=O) groups is 2. The number of aromatic nitrogens is 1. The van der Waals surface area contributed by atoms with Crippen molar-refractivity contribution in [3.63, 3.8) is 0 Å². The number of amides is 1. The van der Waals surface area contributed by atoms with E-state index in [1.54, 1.807) is 20.8 Å². The van der Waals surface area contributed by atoms with Crippen molar-refractivity contribution in [3.8, 4) is 0 Å². The number of carboxylic acid groups (broad SMARTS) is 1. The third kappa shape index (κ3) is 3.67. The normalized spacial score (nSPS) is 14.2. The predicted molar refractivity (Wildman–Crippen MR) is 71.2 cm³/mol. The molecule has 0 spiro atoms. The van der Waals surface area contributed by atoms with E-state index in [2.05, 4.69) is 4.98 Å². The molecule has 1 rings (SSSR count). The highest BCUT2D eigenvalue weighted by atomic mass is 16.6. The SMILES string of the molecule is CC(C)(C)OC(=O)N(c1cccnc1)[C@@](C)(O)C(=O)O. The summed E-state index contributed by atoms with van der Waals surface area (Å²) in [4.78, 5) is 27.8. The summed E-state index contributed by atoms with van der Waals surface area (Å²) in [5.41, 5.74) is -3.16. The lowest BCUT2D eigenvalue weighted by atomic mass is 10.2. The first-order valence-electron chi connectivity index (χ1n) is 5.94. The smallest absolute Gasteiger partial charge is 0.417 e. The number of aliphatic carboxylic acids is 1. The standard InChI is InChI=1S/C13H18N2O5/c1-12(2,3)20-11(18)15(13(4,19)10(16)17)9-6-5-7-14-8-9/h5-8,19H,1-4H3,(H,16,17)/t13-/m0/s1. The minimum atomic E-state index is -2.45. The molecule has 110 valence electrons. The second-order valence-electron chi connectivity index (χ2n) is 5.35. The van der Waals surface area contributed by atoms with Crippen LogP contribution in [0, 0.1) is 0 Å². The lowest BCUT2D eigenvalue weighted by Crippen LogP contribution is -2.56. The van der Waals surface area contributed by atoms with Crippen molar-refractivity contribution in [1.82, 2.24) is 4.98 Å². The highest BCUT2D eigenvalue weighted by molar-refractivity contribution is 5.96. The molecule has 1 amide bonds. The van der Waals surface area contributed by atoms with Crippen LogP contribution in [-0.4, -0.2) is 38.6 Å². The summed E-state index contributed by atoms with van der Waals surface area (Å²) in [7, 11) is 0. The molecule has 0 aromatic carbocycles. The molecule has 0 fully saturated rings. The van der Waals surface area contributed by atoms with Gasteiger partial charge in [-0.05, 0) is 39.8 Å². The van der Waals surface area contributed by atoms with Crippen LogP contribution in [0.4, 0.5) is 10.5 Å². The summed E-state index contributed by atoms with van der Waals surface area (Å²) in [5.74, 6) is -1.58. The molecule has 7 nitrogen and oxygen atoms in total. The predicted octanol–water partition coefficient (Wildman–Crippen LogP) is 1.62. The summed E-state index contributed by atoms with van der Waals surface area (Å²) >= 11 is 0. The van der Waals surface area contributed by atoms with Gasteiger partial charge in [0.05, 0.1) is 11.9 Å². The molecular formula is C13H18N2O5. The van der Waals surface area contributed by atoms with Gasteiger partial charge >= 0.3 is 12.1 Å². The fraction of sp³-hybridized carbons (Fsp3) is 0.462. The first kappa shape index (κ1) is 15.9. The maximum Gasteiger partial charge on any atom is 0.417 e. The molecule has 0 saturated carbocycles. The van der Waals surface area contributed by atoms with Crippen molar-refractivity contribution < 1.29 is 24.5 Å². The number of nitrogens with zero attached hydrogens (tertiary/aromatic N) is 2. The lowest BCUT2D eigenvalue weighted by Gasteiger charge is -2.34. The third-order valence-electron chi connectivity index (χ3n) is 2.32. The number of hydrogen-bond acceptors (Lipinski definition) is 5. The Bertz CT molecular complexity index is 493. The van der Waals surface area contributed by atoms with E-state index in [0.717, 1.165) is 6.92 Å². The largest absolute Gasteiger partial charge is 0.478 e. The number of pyridine rings is 1. The van der Waals surface area contributed by atoms with Gasteiger partial charge in [-0.1, -0.05) is 0 Å². The Morgan fingerprint density at radius 2 is 1.90 bits per heavy atom. The van der Waals surface area contributed by atoms with Crippen LogP contribution in [0.2, 0.25) is 0 Å². The molecule has 1 aromatic rings. The van der Waals surface area contributed by atoms with Gasteiger partial charge in [-0.3, -0.25) is 4.98 Å². The maximum absolute atomic E-state index is 12.2. The second kappa shape index (κ2) is 5.46. The quantitative estimate of drug-likeness (QED) is 0.817. The monoisotopic (exact) mass is 282 g/mol. The molecule has 1 atom stereocenters. The number of carboxylic acids is 1. The van der Waals surface area contributed by atoms with Crippen molar-refractivity contribution in [1.29, 1.82) is 0 Å². The van der Waals surface area contributed by atoms with E-state index in [0.29, 0.717) is 4.90 Å². The van der Waals surface area contributed by atoms with E-state index < -0.39 is 23.4 Å². The van der Waals surface area contributed by atoms with Gasteiger partial charge in [0.15, 0.2) is 0 Å². The molecule has 0 radical (unpaired) electrons. The van der Waals surface area contributed by atoms with E-state index in [1.807, 2.05) is 0 Å². The van der Waals surface area contributed by atoms with Crippen LogP contribution in [0.1, 0.15) is 27.7 Å². The Balaban J connectivity index is 3.23. The average Bonchev–Trinajstić information content (AvgIpc) is 2.27. The van der Waals surface area contributed by atoms with E-state index in [9.17, 15) is 14.7 Å². The zero-order chi connectivity index (χ0) is 15.6. The van der Waals surface area contributed by atoms with Gasteiger partial charge in [0.2, 0.25) is 5.72 Å². The molecule has 0 saturated heterocycles. The van der Waals surface area contributed by atoms with Crippen molar-refractivity contribution in [2.75, 3.05) is 4.90 Å². The van der Waals surface area contributed by atoms with Crippen LogP contribution < -0.4 is 4.90 Å². The first-order chi connectivity index (χ1) is 9.05. The number of carbonyl (C=O) groups excluding carboxylic acids is 1. The van der Waals surface area contributed by atoms with Crippen LogP contribution in [-0.2, 0) is 9.53 Å². The minimum absolute atomic E-state index is 0.120. The van der Waals surface area contributed by atoms with Gasteiger partial charge in [0.1, 0.15) is 5.60 Å². The van der Waals surface area contributed by atoms with Crippen LogP contribution in [0.25, 0.3) is 0 Å². The fourth-order valence-electron chi connectivity index (χ4n) is 1.42. The molecule has 0 aliphatic rings.